The van der Waals surface area contributed by atoms with E-state index in [9.17, 15) is 14.3 Å². The number of hydrogen-bond donors (Lipinski definition) is 1. The number of aryl methyl sites for hydroxylation is 1. The standard InChI is InChI=1S/C24H27FN2O3/c1-16-13-18(24(2,3)4)7-11-22(16)30-15-20(28)14-27-23(29)12-10-21(26-27)17-5-8-19(25)9-6-17/h5-13,20,28H,14-15H2,1-4H3. The quantitative estimate of drug-likeness (QED) is 0.665. The van der Waals surface area contributed by atoms with Gasteiger partial charge in [-0.15, -0.1) is 0 Å². The third kappa shape index (κ3) is 5.33. The summed E-state index contributed by atoms with van der Waals surface area (Å²) in [5.74, 6) is 0.355. The fourth-order valence-corrected chi connectivity index (χ4v) is 3.07. The van der Waals surface area contributed by atoms with Gasteiger partial charge in [0, 0.05) is 11.6 Å². The van der Waals surface area contributed by atoms with E-state index in [2.05, 4.69) is 31.9 Å². The Bertz CT molecular complexity index is 1070. The van der Waals surface area contributed by atoms with Crippen molar-refractivity contribution in [3.8, 4) is 17.0 Å². The molecule has 1 unspecified atom stereocenters. The van der Waals surface area contributed by atoms with E-state index in [1.807, 2.05) is 19.1 Å². The Morgan fingerprint density at radius 3 is 2.43 bits per heavy atom. The van der Waals surface area contributed by atoms with E-state index in [0.29, 0.717) is 17.0 Å². The first kappa shape index (κ1) is 21.7. The third-order valence-electron chi connectivity index (χ3n) is 4.86. The first-order chi connectivity index (χ1) is 14.1. The molecule has 30 heavy (non-hydrogen) atoms. The topological polar surface area (TPSA) is 64.3 Å². The second-order valence-electron chi connectivity index (χ2n) is 8.44. The zero-order valence-electron chi connectivity index (χ0n) is 17.7. The molecule has 1 aromatic heterocycles. The number of nitrogens with zero attached hydrogens (tertiary/aromatic N) is 2. The lowest BCUT2D eigenvalue weighted by Crippen LogP contribution is -2.31. The van der Waals surface area contributed by atoms with Crippen molar-refractivity contribution in [1.29, 1.82) is 0 Å². The summed E-state index contributed by atoms with van der Waals surface area (Å²) in [6.07, 6.45) is -0.916. The van der Waals surface area contributed by atoms with Crippen molar-refractivity contribution in [2.45, 2.75) is 45.8 Å². The Kier molecular flexibility index (Phi) is 6.37. The Hall–Kier alpha value is -2.99. The highest BCUT2D eigenvalue weighted by Gasteiger charge is 2.16. The molecule has 0 radical (unpaired) electrons. The third-order valence-corrected chi connectivity index (χ3v) is 4.86. The van der Waals surface area contributed by atoms with Crippen molar-refractivity contribution < 1.29 is 14.2 Å². The number of aromatic nitrogens is 2. The Balaban J connectivity index is 1.68. The molecular formula is C24H27FN2O3. The molecule has 0 saturated heterocycles. The number of hydrogen-bond acceptors (Lipinski definition) is 4. The van der Waals surface area contributed by atoms with Gasteiger partial charge in [-0.05, 0) is 59.9 Å². The van der Waals surface area contributed by atoms with Crippen LogP contribution >= 0.6 is 0 Å². The van der Waals surface area contributed by atoms with E-state index in [1.54, 1.807) is 18.2 Å². The molecule has 0 amide bonds. The van der Waals surface area contributed by atoms with E-state index >= 15 is 0 Å². The van der Waals surface area contributed by atoms with E-state index in [1.165, 1.54) is 28.4 Å². The lowest BCUT2D eigenvalue weighted by molar-refractivity contribution is 0.0877. The smallest absolute Gasteiger partial charge is 0.266 e. The molecule has 0 fully saturated rings. The van der Waals surface area contributed by atoms with Crippen molar-refractivity contribution >= 4 is 0 Å². The van der Waals surface area contributed by atoms with Crippen LogP contribution in [0.25, 0.3) is 11.3 Å². The minimum absolute atomic E-state index is 0.00695. The van der Waals surface area contributed by atoms with Gasteiger partial charge in [0.2, 0.25) is 0 Å². The van der Waals surface area contributed by atoms with Crippen molar-refractivity contribution in [2.75, 3.05) is 6.61 Å². The number of halogens is 1. The van der Waals surface area contributed by atoms with Crippen LogP contribution < -0.4 is 10.3 Å². The number of aliphatic hydroxyl groups excluding tert-OH is 1. The number of ether oxygens (including phenoxy) is 1. The molecule has 3 aromatic rings. The van der Waals surface area contributed by atoms with Crippen LogP contribution in [0.2, 0.25) is 0 Å². The van der Waals surface area contributed by atoms with Gasteiger partial charge in [0.05, 0.1) is 12.2 Å². The zero-order chi connectivity index (χ0) is 21.9. The van der Waals surface area contributed by atoms with Crippen molar-refractivity contribution in [2.24, 2.45) is 0 Å². The van der Waals surface area contributed by atoms with Crippen LogP contribution in [-0.2, 0) is 12.0 Å². The summed E-state index contributed by atoms with van der Waals surface area (Å²) in [5.41, 5.74) is 3.13. The highest BCUT2D eigenvalue weighted by Crippen LogP contribution is 2.27. The number of aliphatic hydroxyl groups is 1. The van der Waals surface area contributed by atoms with E-state index in [4.69, 9.17) is 4.74 Å². The van der Waals surface area contributed by atoms with E-state index < -0.39 is 6.10 Å². The largest absolute Gasteiger partial charge is 0.491 e. The molecule has 0 bridgehead atoms. The average Bonchev–Trinajstić information content (AvgIpc) is 2.68. The van der Waals surface area contributed by atoms with Crippen LogP contribution in [0.3, 0.4) is 0 Å². The molecule has 0 aliphatic carbocycles. The average molecular weight is 410 g/mol. The summed E-state index contributed by atoms with van der Waals surface area (Å²) < 4.78 is 20.1. The van der Waals surface area contributed by atoms with Crippen LogP contribution in [0.5, 0.6) is 5.75 Å². The van der Waals surface area contributed by atoms with Crippen molar-refractivity contribution in [3.63, 3.8) is 0 Å². The summed E-state index contributed by atoms with van der Waals surface area (Å²) in [4.78, 5) is 12.1. The van der Waals surface area contributed by atoms with Gasteiger partial charge in [-0.25, -0.2) is 9.07 Å². The molecule has 2 aromatic carbocycles. The van der Waals surface area contributed by atoms with Crippen LogP contribution in [0, 0.1) is 12.7 Å². The second kappa shape index (κ2) is 8.79. The minimum atomic E-state index is -0.916. The summed E-state index contributed by atoms with van der Waals surface area (Å²) >= 11 is 0. The highest BCUT2D eigenvalue weighted by atomic mass is 19.1. The molecule has 5 nitrogen and oxygen atoms in total. The molecule has 158 valence electrons. The second-order valence-corrected chi connectivity index (χ2v) is 8.44. The first-order valence-corrected chi connectivity index (χ1v) is 9.89. The van der Waals surface area contributed by atoms with Gasteiger partial charge in [0.15, 0.2) is 0 Å². The molecule has 3 rings (SSSR count). The normalized spacial score (nSPS) is 12.6. The van der Waals surface area contributed by atoms with Gasteiger partial charge >= 0.3 is 0 Å². The molecule has 0 aliphatic rings. The molecular weight excluding hydrogens is 383 g/mol. The molecule has 0 spiro atoms. The molecule has 0 aliphatic heterocycles. The molecule has 1 N–H and O–H groups in total. The maximum atomic E-state index is 13.1. The fourth-order valence-electron chi connectivity index (χ4n) is 3.07. The molecule has 6 heteroatoms. The van der Waals surface area contributed by atoms with Gasteiger partial charge in [-0.3, -0.25) is 4.79 Å². The molecule has 1 atom stereocenters. The highest BCUT2D eigenvalue weighted by molar-refractivity contribution is 5.57. The lowest BCUT2D eigenvalue weighted by atomic mass is 9.86. The predicted molar refractivity (Wildman–Crippen MR) is 115 cm³/mol. The predicted octanol–water partition coefficient (Wildman–Crippen LogP) is 4.10. The maximum absolute atomic E-state index is 13.1. The molecule has 0 saturated carbocycles. The summed E-state index contributed by atoms with van der Waals surface area (Å²) in [5, 5.41) is 14.7. The Morgan fingerprint density at radius 1 is 1.10 bits per heavy atom. The van der Waals surface area contributed by atoms with Gasteiger partial charge < -0.3 is 9.84 Å². The van der Waals surface area contributed by atoms with Gasteiger partial charge in [0.25, 0.3) is 5.56 Å². The maximum Gasteiger partial charge on any atom is 0.266 e. The number of rotatable bonds is 6. The van der Waals surface area contributed by atoms with E-state index in [-0.39, 0.29) is 29.9 Å². The van der Waals surface area contributed by atoms with Crippen molar-refractivity contribution in [1.82, 2.24) is 9.78 Å². The Morgan fingerprint density at radius 2 is 1.80 bits per heavy atom. The lowest BCUT2D eigenvalue weighted by Gasteiger charge is -2.21. The summed E-state index contributed by atoms with van der Waals surface area (Å²) in [6.45, 7) is 8.44. The summed E-state index contributed by atoms with van der Waals surface area (Å²) in [6, 6.07) is 14.8. The van der Waals surface area contributed by atoms with Crippen LogP contribution in [0.4, 0.5) is 4.39 Å². The fraction of sp³-hybridized carbons (Fsp3) is 0.333. The zero-order valence-corrected chi connectivity index (χ0v) is 17.7. The molecule has 1 heterocycles. The van der Waals surface area contributed by atoms with Crippen LogP contribution in [0.1, 0.15) is 31.9 Å². The summed E-state index contributed by atoms with van der Waals surface area (Å²) in [7, 11) is 0. The van der Waals surface area contributed by atoms with Gasteiger partial charge in [-0.1, -0.05) is 32.9 Å². The van der Waals surface area contributed by atoms with Crippen molar-refractivity contribution in [3.05, 3.63) is 81.9 Å². The monoisotopic (exact) mass is 410 g/mol. The first-order valence-electron chi connectivity index (χ1n) is 9.89. The number of benzene rings is 2. The van der Waals surface area contributed by atoms with E-state index in [0.717, 1.165) is 5.56 Å². The van der Waals surface area contributed by atoms with Gasteiger partial charge in [-0.2, -0.15) is 5.10 Å². The minimum Gasteiger partial charge on any atom is -0.491 e. The SMILES string of the molecule is Cc1cc(C(C)(C)C)ccc1OCC(O)Cn1nc(-c2ccc(F)cc2)ccc1=O. The van der Waals surface area contributed by atoms with Crippen LogP contribution in [-0.4, -0.2) is 27.6 Å². The van der Waals surface area contributed by atoms with Crippen LogP contribution in [0.15, 0.2) is 59.4 Å². The van der Waals surface area contributed by atoms with Gasteiger partial charge in [0.1, 0.15) is 24.3 Å². The Labute approximate surface area is 175 Å².